The number of halogens is 1. The van der Waals surface area contributed by atoms with Gasteiger partial charge in [0.25, 0.3) is 0 Å². The van der Waals surface area contributed by atoms with Gasteiger partial charge in [0.05, 0.1) is 0 Å². The zero-order chi connectivity index (χ0) is 8.55. The molecule has 0 saturated carbocycles. The fraction of sp³-hybridized carbons (Fsp3) is 0.100. The van der Waals surface area contributed by atoms with E-state index in [9.17, 15) is 5.11 Å². The monoisotopic (exact) mass is 287 g/mol. The Bertz CT molecular complexity index is 428. The molecule has 0 aliphatic carbocycles. The number of benzene rings is 1. The van der Waals surface area contributed by atoms with Gasteiger partial charge in [0.2, 0.25) is 6.20 Å². The van der Waals surface area contributed by atoms with Crippen molar-refractivity contribution in [3.8, 4) is 5.75 Å². The molecule has 0 aliphatic heterocycles. The number of rotatable bonds is 0. The molecule has 2 aromatic rings. The summed E-state index contributed by atoms with van der Waals surface area (Å²) >= 11 is 0. The van der Waals surface area contributed by atoms with Gasteiger partial charge in [-0.3, -0.25) is 0 Å². The Morgan fingerprint density at radius 1 is 1.15 bits per heavy atom. The molecule has 68 valence electrons. The van der Waals surface area contributed by atoms with Crippen LogP contribution in [0.3, 0.4) is 0 Å². The predicted molar refractivity (Wildman–Crippen MR) is 46.8 cm³/mol. The second-order valence-corrected chi connectivity index (χ2v) is 2.90. The third-order valence-corrected chi connectivity index (χ3v) is 1.91. The topological polar surface area (TPSA) is 24.1 Å². The van der Waals surface area contributed by atoms with E-state index in [1.54, 1.807) is 6.20 Å². The van der Waals surface area contributed by atoms with E-state index < -0.39 is 0 Å². The molecule has 1 heterocycles. The molecule has 1 N–H and O–H groups in total. The van der Waals surface area contributed by atoms with E-state index in [0.29, 0.717) is 5.75 Å². The van der Waals surface area contributed by atoms with Crippen molar-refractivity contribution in [2.45, 2.75) is 0 Å². The third-order valence-electron chi connectivity index (χ3n) is 1.91. The van der Waals surface area contributed by atoms with Crippen molar-refractivity contribution in [3.63, 3.8) is 0 Å². The van der Waals surface area contributed by atoms with E-state index in [1.165, 1.54) is 0 Å². The standard InChI is InChI=1S/C10H9NO.HI/c1-11-6-8-4-2-3-5-9(8)10(12)7-11;/h2-7H,1H3;1H. The number of hydrogen-bond acceptors (Lipinski definition) is 1. The van der Waals surface area contributed by atoms with Gasteiger partial charge in [-0.15, -0.1) is 0 Å². The number of nitrogens with zero attached hydrogens (tertiary/aromatic N) is 1. The first kappa shape index (κ1) is 10.2. The Kier molecular flexibility index (Phi) is 3.08. The molecule has 0 unspecified atom stereocenters. The summed E-state index contributed by atoms with van der Waals surface area (Å²) in [6.07, 6.45) is 3.68. The Hall–Kier alpha value is -0.840. The number of aromatic nitrogens is 1. The molecular formula is C10H10INO. The molecule has 2 rings (SSSR count). The molecule has 0 atom stereocenters. The highest BCUT2D eigenvalue weighted by Crippen LogP contribution is 2.20. The zero-order valence-corrected chi connectivity index (χ0v) is 9.39. The van der Waals surface area contributed by atoms with Crippen LogP contribution in [0.4, 0.5) is 0 Å². The molecule has 3 heteroatoms. The minimum absolute atomic E-state index is 0. The molecule has 0 amide bonds. The normalized spacial score (nSPS) is 9.62. The summed E-state index contributed by atoms with van der Waals surface area (Å²) in [4.78, 5) is 0. The minimum atomic E-state index is 0. The van der Waals surface area contributed by atoms with Gasteiger partial charge in [-0.25, -0.2) is 4.57 Å². The fourth-order valence-corrected chi connectivity index (χ4v) is 1.36. The molecule has 0 aliphatic rings. The maximum Gasteiger partial charge on any atom is 0.211 e. The number of aromatic hydroxyl groups is 1. The quantitative estimate of drug-likeness (QED) is 0.457. The zero-order valence-electron chi connectivity index (χ0n) is 7.24. The van der Waals surface area contributed by atoms with Gasteiger partial charge in [0.15, 0.2) is 11.9 Å². The third kappa shape index (κ3) is 1.91. The van der Waals surface area contributed by atoms with Crippen LogP contribution in [-0.2, 0) is 7.05 Å². The average molecular weight is 287 g/mol. The van der Waals surface area contributed by atoms with Gasteiger partial charge in [0, 0.05) is 10.8 Å². The molecule has 0 spiro atoms. The lowest BCUT2D eigenvalue weighted by atomic mass is 10.2. The van der Waals surface area contributed by atoms with E-state index >= 15 is 0 Å². The van der Waals surface area contributed by atoms with Crippen molar-refractivity contribution in [1.29, 1.82) is 0 Å². The number of hydrogen-bond donors (Lipinski definition) is 1. The van der Waals surface area contributed by atoms with Crippen molar-refractivity contribution < 1.29 is 33.7 Å². The minimum Gasteiger partial charge on any atom is -1.00 e. The second kappa shape index (κ2) is 3.91. The molecule has 1 aromatic carbocycles. The Morgan fingerprint density at radius 2 is 1.85 bits per heavy atom. The fourth-order valence-electron chi connectivity index (χ4n) is 1.36. The number of aryl methyl sites for hydroxylation is 1. The highest BCUT2D eigenvalue weighted by molar-refractivity contribution is 5.85. The van der Waals surface area contributed by atoms with E-state index in [2.05, 4.69) is 0 Å². The first-order valence-electron chi connectivity index (χ1n) is 3.84. The lowest BCUT2D eigenvalue weighted by Gasteiger charge is -1.96. The van der Waals surface area contributed by atoms with Crippen molar-refractivity contribution in [3.05, 3.63) is 36.7 Å². The van der Waals surface area contributed by atoms with Gasteiger partial charge >= 0.3 is 0 Å². The Labute approximate surface area is 93.8 Å². The molecule has 0 radical (unpaired) electrons. The lowest BCUT2D eigenvalue weighted by molar-refractivity contribution is -0.670. The van der Waals surface area contributed by atoms with Crippen LogP contribution >= 0.6 is 0 Å². The highest BCUT2D eigenvalue weighted by atomic mass is 127. The van der Waals surface area contributed by atoms with Gasteiger partial charge in [-0.1, -0.05) is 18.2 Å². The summed E-state index contributed by atoms with van der Waals surface area (Å²) < 4.78 is 1.84. The highest BCUT2D eigenvalue weighted by Gasteiger charge is 2.03. The van der Waals surface area contributed by atoms with Crippen LogP contribution in [-0.4, -0.2) is 5.11 Å². The summed E-state index contributed by atoms with van der Waals surface area (Å²) in [6, 6.07) is 7.77. The van der Waals surface area contributed by atoms with Crippen LogP contribution in [0.5, 0.6) is 5.75 Å². The molecule has 1 aromatic heterocycles. The summed E-state index contributed by atoms with van der Waals surface area (Å²) in [5.74, 6) is 0.329. The first-order valence-corrected chi connectivity index (χ1v) is 3.84. The largest absolute Gasteiger partial charge is 1.00 e. The predicted octanol–water partition coefficient (Wildman–Crippen LogP) is -1.63. The summed E-state index contributed by atoms with van der Waals surface area (Å²) in [5, 5.41) is 11.5. The maximum atomic E-state index is 9.53. The maximum absolute atomic E-state index is 9.53. The van der Waals surface area contributed by atoms with Gasteiger partial charge in [0.1, 0.15) is 7.05 Å². The lowest BCUT2D eigenvalue weighted by Crippen LogP contribution is -3.00. The molecule has 0 fully saturated rings. The van der Waals surface area contributed by atoms with Crippen LogP contribution in [0.1, 0.15) is 0 Å². The molecule has 13 heavy (non-hydrogen) atoms. The van der Waals surface area contributed by atoms with Crippen molar-refractivity contribution in [2.24, 2.45) is 7.05 Å². The van der Waals surface area contributed by atoms with Crippen molar-refractivity contribution >= 4 is 10.8 Å². The van der Waals surface area contributed by atoms with Gasteiger partial charge < -0.3 is 29.1 Å². The van der Waals surface area contributed by atoms with E-state index in [0.717, 1.165) is 10.8 Å². The van der Waals surface area contributed by atoms with Crippen LogP contribution in [0, 0.1) is 0 Å². The SMILES string of the molecule is C[n+]1cc(O)c2ccccc2c1.[I-]. The van der Waals surface area contributed by atoms with Crippen LogP contribution in [0.2, 0.25) is 0 Å². The van der Waals surface area contributed by atoms with Crippen molar-refractivity contribution in [2.75, 3.05) is 0 Å². The Morgan fingerprint density at radius 3 is 2.62 bits per heavy atom. The van der Waals surface area contributed by atoms with Gasteiger partial charge in [-0.2, -0.15) is 0 Å². The van der Waals surface area contributed by atoms with Crippen LogP contribution in [0.15, 0.2) is 36.7 Å². The van der Waals surface area contributed by atoms with E-state index in [-0.39, 0.29) is 24.0 Å². The number of pyridine rings is 1. The van der Waals surface area contributed by atoms with Crippen LogP contribution in [0.25, 0.3) is 10.8 Å². The molecule has 0 bridgehead atoms. The van der Waals surface area contributed by atoms with Gasteiger partial charge in [-0.05, 0) is 6.07 Å². The second-order valence-electron chi connectivity index (χ2n) is 2.90. The van der Waals surface area contributed by atoms with Crippen LogP contribution < -0.4 is 28.5 Å². The van der Waals surface area contributed by atoms with E-state index in [4.69, 9.17) is 0 Å². The number of fused-ring (bicyclic) bond motifs is 1. The molecular weight excluding hydrogens is 277 g/mol. The summed E-state index contributed by atoms with van der Waals surface area (Å²) in [7, 11) is 1.90. The summed E-state index contributed by atoms with van der Waals surface area (Å²) in [6.45, 7) is 0. The first-order chi connectivity index (χ1) is 5.77. The van der Waals surface area contributed by atoms with E-state index in [1.807, 2.05) is 42.1 Å². The summed E-state index contributed by atoms with van der Waals surface area (Å²) in [5.41, 5.74) is 0. The molecule has 2 nitrogen and oxygen atoms in total. The molecule has 0 saturated heterocycles. The smallest absolute Gasteiger partial charge is 0.211 e. The Balaban J connectivity index is 0.000000845. The average Bonchev–Trinajstić information content (AvgIpc) is 2.04. The van der Waals surface area contributed by atoms with Crippen molar-refractivity contribution in [1.82, 2.24) is 0 Å².